The Kier molecular flexibility index (Phi) is 4.26. The SMILES string of the molecule is CCC(=O)COc1c(C)cc(C(N)=O)cc1C. The number of nitrogens with two attached hydrogens (primary N) is 1. The van der Waals surface area contributed by atoms with E-state index in [1.165, 1.54) is 0 Å². The van der Waals surface area contributed by atoms with Crippen molar-refractivity contribution in [3.63, 3.8) is 0 Å². The van der Waals surface area contributed by atoms with Gasteiger partial charge in [-0.1, -0.05) is 6.92 Å². The number of amides is 1. The number of carbonyl (C=O) groups is 2. The molecule has 0 fully saturated rings. The van der Waals surface area contributed by atoms with Crippen LogP contribution in [0, 0.1) is 13.8 Å². The first-order valence-corrected chi connectivity index (χ1v) is 5.51. The van der Waals surface area contributed by atoms with Gasteiger partial charge in [-0.15, -0.1) is 0 Å². The number of hydrogen-bond donors (Lipinski definition) is 1. The van der Waals surface area contributed by atoms with Crippen molar-refractivity contribution in [2.45, 2.75) is 27.2 Å². The number of Topliss-reactive ketones (excluding diaryl/α,β-unsaturated/α-hetero) is 1. The fourth-order valence-corrected chi connectivity index (χ4v) is 1.57. The highest BCUT2D eigenvalue weighted by atomic mass is 16.5. The van der Waals surface area contributed by atoms with Gasteiger partial charge in [-0.2, -0.15) is 0 Å². The molecule has 0 heterocycles. The molecule has 4 nitrogen and oxygen atoms in total. The van der Waals surface area contributed by atoms with Gasteiger partial charge in [0.15, 0.2) is 5.78 Å². The minimum Gasteiger partial charge on any atom is -0.485 e. The van der Waals surface area contributed by atoms with Gasteiger partial charge in [-0.3, -0.25) is 9.59 Å². The predicted molar refractivity (Wildman–Crippen MR) is 65.2 cm³/mol. The lowest BCUT2D eigenvalue weighted by molar-refractivity contribution is -0.120. The Morgan fingerprint density at radius 1 is 1.24 bits per heavy atom. The summed E-state index contributed by atoms with van der Waals surface area (Å²) in [6, 6.07) is 3.34. The van der Waals surface area contributed by atoms with Gasteiger partial charge in [-0.05, 0) is 37.1 Å². The molecule has 0 unspecified atom stereocenters. The van der Waals surface area contributed by atoms with Crippen LogP contribution in [0.1, 0.15) is 34.8 Å². The second-order valence-electron chi connectivity index (χ2n) is 3.98. The zero-order chi connectivity index (χ0) is 13.0. The lowest BCUT2D eigenvalue weighted by atomic mass is 10.1. The van der Waals surface area contributed by atoms with Crippen molar-refractivity contribution in [1.82, 2.24) is 0 Å². The first kappa shape index (κ1) is 13.2. The molecule has 0 saturated carbocycles. The lowest BCUT2D eigenvalue weighted by Gasteiger charge is -2.12. The van der Waals surface area contributed by atoms with Crippen molar-refractivity contribution < 1.29 is 14.3 Å². The third kappa shape index (κ3) is 3.31. The molecular weight excluding hydrogens is 218 g/mol. The third-order valence-electron chi connectivity index (χ3n) is 2.52. The average Bonchev–Trinajstić information content (AvgIpc) is 2.27. The van der Waals surface area contributed by atoms with Crippen LogP contribution in [0.15, 0.2) is 12.1 Å². The molecule has 2 N–H and O–H groups in total. The van der Waals surface area contributed by atoms with Crippen LogP contribution in [0.2, 0.25) is 0 Å². The van der Waals surface area contributed by atoms with E-state index in [2.05, 4.69) is 0 Å². The van der Waals surface area contributed by atoms with Gasteiger partial charge in [0.2, 0.25) is 5.91 Å². The van der Waals surface area contributed by atoms with Crippen molar-refractivity contribution in [3.8, 4) is 5.75 Å². The molecule has 1 aromatic rings. The van der Waals surface area contributed by atoms with Crippen LogP contribution >= 0.6 is 0 Å². The summed E-state index contributed by atoms with van der Waals surface area (Å²) in [4.78, 5) is 22.2. The Balaban J connectivity index is 2.94. The van der Waals surface area contributed by atoms with Gasteiger partial charge in [0, 0.05) is 12.0 Å². The molecule has 0 aliphatic rings. The van der Waals surface area contributed by atoms with Gasteiger partial charge in [-0.25, -0.2) is 0 Å². The molecule has 0 saturated heterocycles. The molecule has 0 atom stereocenters. The normalized spacial score (nSPS) is 10.1. The second kappa shape index (κ2) is 5.48. The van der Waals surface area contributed by atoms with Crippen LogP contribution in [0.5, 0.6) is 5.75 Å². The van der Waals surface area contributed by atoms with E-state index in [-0.39, 0.29) is 12.4 Å². The molecule has 4 heteroatoms. The summed E-state index contributed by atoms with van der Waals surface area (Å²) >= 11 is 0. The Labute approximate surface area is 101 Å². The van der Waals surface area contributed by atoms with Crippen molar-refractivity contribution in [2.24, 2.45) is 5.73 Å². The molecule has 17 heavy (non-hydrogen) atoms. The Bertz CT molecular complexity index is 429. The minimum absolute atomic E-state index is 0.0442. The Morgan fingerprint density at radius 2 is 1.76 bits per heavy atom. The molecule has 1 amide bonds. The van der Waals surface area contributed by atoms with Crippen LogP contribution in [0.25, 0.3) is 0 Å². The van der Waals surface area contributed by atoms with Gasteiger partial charge >= 0.3 is 0 Å². The van der Waals surface area contributed by atoms with Gasteiger partial charge in [0.25, 0.3) is 0 Å². The highest BCUT2D eigenvalue weighted by Crippen LogP contribution is 2.24. The zero-order valence-corrected chi connectivity index (χ0v) is 10.4. The summed E-state index contributed by atoms with van der Waals surface area (Å²) < 4.78 is 5.45. The lowest BCUT2D eigenvalue weighted by Crippen LogP contribution is -2.14. The van der Waals surface area contributed by atoms with E-state index in [4.69, 9.17) is 10.5 Å². The van der Waals surface area contributed by atoms with Crippen LogP contribution < -0.4 is 10.5 Å². The van der Waals surface area contributed by atoms with Crippen molar-refractivity contribution >= 4 is 11.7 Å². The maximum atomic E-state index is 11.2. The molecular formula is C13H17NO3. The van der Waals surface area contributed by atoms with Gasteiger partial charge < -0.3 is 10.5 Å². The van der Waals surface area contributed by atoms with Crippen LogP contribution in [-0.2, 0) is 4.79 Å². The van der Waals surface area contributed by atoms with E-state index in [1.54, 1.807) is 19.1 Å². The highest BCUT2D eigenvalue weighted by Gasteiger charge is 2.10. The smallest absolute Gasteiger partial charge is 0.248 e. The maximum Gasteiger partial charge on any atom is 0.248 e. The van der Waals surface area contributed by atoms with Gasteiger partial charge in [0.05, 0.1) is 0 Å². The molecule has 0 aliphatic carbocycles. The maximum absolute atomic E-state index is 11.2. The number of ether oxygens (including phenoxy) is 1. The Hall–Kier alpha value is -1.84. The summed E-state index contributed by atoms with van der Waals surface area (Å²) in [5.74, 6) is 0.229. The van der Waals surface area contributed by atoms with E-state index in [0.717, 1.165) is 11.1 Å². The number of primary amides is 1. The van der Waals surface area contributed by atoms with Crippen LogP contribution in [0.4, 0.5) is 0 Å². The molecule has 1 aromatic carbocycles. The summed E-state index contributed by atoms with van der Waals surface area (Å²) in [5.41, 5.74) is 7.28. The topological polar surface area (TPSA) is 69.4 Å². The van der Waals surface area contributed by atoms with Gasteiger partial charge in [0.1, 0.15) is 12.4 Å². The number of hydrogen-bond acceptors (Lipinski definition) is 3. The molecule has 0 spiro atoms. The van der Waals surface area contributed by atoms with Crippen molar-refractivity contribution in [2.75, 3.05) is 6.61 Å². The molecule has 0 radical (unpaired) electrons. The fourth-order valence-electron chi connectivity index (χ4n) is 1.57. The standard InChI is InChI=1S/C13H17NO3/c1-4-11(15)7-17-12-8(2)5-10(13(14)16)6-9(12)3/h5-6H,4,7H2,1-3H3,(H2,14,16). The number of rotatable bonds is 5. The third-order valence-corrected chi connectivity index (χ3v) is 2.52. The van der Waals surface area contributed by atoms with Crippen LogP contribution in [-0.4, -0.2) is 18.3 Å². The van der Waals surface area contributed by atoms with Crippen molar-refractivity contribution in [3.05, 3.63) is 28.8 Å². The zero-order valence-electron chi connectivity index (χ0n) is 10.4. The monoisotopic (exact) mass is 235 g/mol. The number of carbonyl (C=O) groups excluding carboxylic acids is 2. The largest absolute Gasteiger partial charge is 0.485 e. The molecule has 0 aromatic heterocycles. The van der Waals surface area contributed by atoms with Crippen molar-refractivity contribution in [1.29, 1.82) is 0 Å². The molecule has 0 aliphatic heterocycles. The quantitative estimate of drug-likeness (QED) is 0.845. The van der Waals surface area contributed by atoms with E-state index in [1.807, 2.05) is 13.8 Å². The second-order valence-corrected chi connectivity index (χ2v) is 3.98. The summed E-state index contributed by atoms with van der Waals surface area (Å²) in [6.45, 7) is 5.51. The van der Waals surface area contributed by atoms with Crippen LogP contribution in [0.3, 0.4) is 0 Å². The fraction of sp³-hybridized carbons (Fsp3) is 0.385. The van der Waals surface area contributed by atoms with E-state index in [9.17, 15) is 9.59 Å². The van der Waals surface area contributed by atoms with E-state index < -0.39 is 5.91 Å². The Morgan fingerprint density at radius 3 is 2.18 bits per heavy atom. The average molecular weight is 235 g/mol. The first-order valence-electron chi connectivity index (χ1n) is 5.51. The molecule has 1 rings (SSSR count). The first-order chi connectivity index (χ1) is 7.95. The van der Waals surface area contributed by atoms with E-state index in [0.29, 0.717) is 17.7 Å². The summed E-state index contributed by atoms with van der Waals surface area (Å²) in [5, 5.41) is 0. The summed E-state index contributed by atoms with van der Waals surface area (Å²) in [7, 11) is 0. The number of benzene rings is 1. The summed E-state index contributed by atoms with van der Waals surface area (Å²) in [6.07, 6.45) is 0.456. The minimum atomic E-state index is -0.465. The van der Waals surface area contributed by atoms with E-state index >= 15 is 0 Å². The number of ketones is 1. The number of aryl methyl sites for hydroxylation is 2. The molecule has 92 valence electrons. The highest BCUT2D eigenvalue weighted by molar-refractivity contribution is 5.93. The molecule has 0 bridgehead atoms. The predicted octanol–water partition coefficient (Wildman–Crippen LogP) is 1.76.